The zero-order valence-electron chi connectivity index (χ0n) is 41.3. The Labute approximate surface area is 454 Å². The highest BCUT2D eigenvalue weighted by Gasteiger charge is 2.56. The van der Waals surface area contributed by atoms with Gasteiger partial charge in [-0.15, -0.1) is 6.58 Å². The fraction of sp³-hybridized carbons (Fsp3) is 0.312. The van der Waals surface area contributed by atoms with Crippen LogP contribution in [0.15, 0.2) is 123 Å². The highest BCUT2D eigenvalue weighted by Crippen LogP contribution is 2.67. The van der Waals surface area contributed by atoms with Crippen molar-refractivity contribution in [1.82, 2.24) is 39.0 Å². The normalized spacial score (nSPS) is 26.1. The molecule has 0 aliphatic carbocycles. The van der Waals surface area contributed by atoms with Gasteiger partial charge in [0.1, 0.15) is 43.2 Å². The number of imidazole rings is 2. The minimum absolute atomic E-state index is 0.0249. The van der Waals surface area contributed by atoms with Gasteiger partial charge in [-0.1, -0.05) is 73.3 Å². The molecule has 412 valence electrons. The molecule has 10 atom stereocenters. The number of rotatable bonds is 17. The molecule has 10 rings (SSSR count). The number of carbonyl (C=O) groups is 1. The van der Waals surface area contributed by atoms with Crippen LogP contribution >= 0.6 is 36.4 Å². The summed E-state index contributed by atoms with van der Waals surface area (Å²) in [5.41, 5.74) is -0.0344. The van der Waals surface area contributed by atoms with Crippen molar-refractivity contribution in [2.75, 3.05) is 31.3 Å². The molecule has 0 bridgehead atoms. The van der Waals surface area contributed by atoms with Crippen LogP contribution in [0.1, 0.15) is 39.8 Å². The first-order chi connectivity index (χ1) is 38.1. The summed E-state index contributed by atoms with van der Waals surface area (Å²) in [4.78, 5) is 64.3. The minimum atomic E-state index is -4.87. The number of halogens is 2. The Morgan fingerprint density at radius 1 is 0.759 bits per heavy atom. The van der Waals surface area contributed by atoms with Crippen LogP contribution in [0.2, 0.25) is 0 Å². The van der Waals surface area contributed by atoms with Crippen molar-refractivity contribution >= 4 is 81.8 Å². The van der Waals surface area contributed by atoms with E-state index >= 15 is 17.9 Å². The predicted octanol–water partition coefficient (Wildman–Crippen LogP) is 9.56. The molecule has 3 fully saturated rings. The topological polar surface area (TPSA) is 293 Å². The number of alkyl halides is 2. The van der Waals surface area contributed by atoms with E-state index in [1.54, 1.807) is 37.3 Å². The Morgan fingerprint density at radius 3 is 1.84 bits per heavy atom. The summed E-state index contributed by atoms with van der Waals surface area (Å²) in [6.07, 6.45) is -8.77. The number of aromatic nitrogens is 8. The first-order valence-corrected chi connectivity index (χ1v) is 30.1. The van der Waals surface area contributed by atoms with Crippen LogP contribution in [0.5, 0.6) is 5.88 Å². The van der Waals surface area contributed by atoms with Gasteiger partial charge in [-0.3, -0.25) is 57.2 Å². The van der Waals surface area contributed by atoms with Gasteiger partial charge in [-0.2, -0.15) is 4.98 Å². The molecule has 3 aliphatic rings. The van der Waals surface area contributed by atoms with Crippen molar-refractivity contribution in [2.24, 2.45) is 0 Å². The van der Waals surface area contributed by atoms with Gasteiger partial charge in [-0.25, -0.2) is 42.8 Å². The van der Waals surface area contributed by atoms with Gasteiger partial charge < -0.3 is 14.2 Å². The Bertz CT molecular complexity index is 3570. The molecule has 1 amide bonds. The number of para-hydroxylation sites is 2. The van der Waals surface area contributed by atoms with Crippen LogP contribution < -0.4 is 9.64 Å². The number of aryl methyl sites for hydroxylation is 1. The summed E-state index contributed by atoms with van der Waals surface area (Å²) in [5.74, 6) is -0.974. The van der Waals surface area contributed by atoms with E-state index in [0.717, 1.165) is 6.33 Å². The average Bonchev–Trinajstić information content (AvgIpc) is 4.44. The standard InChI is InChI=1S/C48H45F2N11O14P2S2/c1-4-19-57(46(62)29-13-7-6-8-14-29)42-38-43(52-25-51-42)58(26-53-38)47-36(49)40-34(72-47)21-70-77(68,79-24-31-16-10-12-18-33(31)61(65)66)75-41-35(22-71-76(67,74-40)78-23-30-15-9-11-17-32(30)60(63)64)73-48(37(41)50)59-27-54-39-44(59)55-28(3)56-45(39)69-20-5-2/h4-18,25-27,34-37,40-41,47-48H,1-2,19-24H2,3H3/t34-,35-,36-,37-,40-,41-,47-,48?,76?,77?/m1/s1. The second-order valence-electron chi connectivity index (χ2n) is 17.6. The number of ether oxygens (including phenoxy) is 3. The van der Waals surface area contributed by atoms with Crippen LogP contribution in [-0.2, 0) is 48.2 Å². The Kier molecular flexibility index (Phi) is 16.4. The SMILES string of the molecule is C=CCOc1nc(C)nc2c1ncn2C1O[C@@H]2COP(=O)(SCc3ccccc3[N+](=O)[O-])O[C@H]3[C@@H](F)[C@H](n4cnc5c(N(CC=C)C(=O)c6ccccc6)ncnc54)O[C@@H]3COP(=O)(SCc3ccccc3[N+](=O)[O-])O[C@H]2[C@H]1F. The Hall–Kier alpha value is -6.91. The van der Waals surface area contributed by atoms with Crippen LogP contribution in [0.4, 0.5) is 26.0 Å². The van der Waals surface area contributed by atoms with Crippen molar-refractivity contribution in [3.05, 3.63) is 166 Å². The molecule has 0 radical (unpaired) electrons. The van der Waals surface area contributed by atoms with Gasteiger partial charge in [0.15, 0.2) is 52.9 Å². The summed E-state index contributed by atoms with van der Waals surface area (Å²) in [5, 5.41) is 24.2. The van der Waals surface area contributed by atoms with E-state index < -0.39 is 103 Å². The van der Waals surface area contributed by atoms with E-state index in [9.17, 15) is 25.0 Å². The van der Waals surface area contributed by atoms with Gasteiger partial charge in [-0.05, 0) is 41.8 Å². The summed E-state index contributed by atoms with van der Waals surface area (Å²) >= 11 is 0.909. The zero-order valence-corrected chi connectivity index (χ0v) is 44.7. The monoisotopic (exact) mass is 1160 g/mol. The zero-order chi connectivity index (χ0) is 55.6. The third kappa shape index (κ3) is 11.5. The van der Waals surface area contributed by atoms with Gasteiger partial charge >= 0.3 is 13.6 Å². The second kappa shape index (κ2) is 23.4. The number of fused-ring (bicyclic) bond motifs is 4. The third-order valence-corrected chi connectivity index (χ3v) is 19.8. The van der Waals surface area contributed by atoms with Gasteiger partial charge in [0, 0.05) is 46.9 Å². The predicted molar refractivity (Wildman–Crippen MR) is 283 cm³/mol. The molecule has 7 aromatic rings. The van der Waals surface area contributed by atoms with Crippen LogP contribution in [-0.4, -0.2) is 118 Å². The van der Waals surface area contributed by atoms with E-state index in [1.807, 2.05) is 0 Å². The lowest BCUT2D eigenvalue weighted by Crippen LogP contribution is -2.37. The number of amides is 1. The largest absolute Gasteiger partial charge is 0.472 e. The summed E-state index contributed by atoms with van der Waals surface area (Å²) in [6, 6.07) is 19.5. The molecular weight excluding hydrogens is 1120 g/mol. The molecule has 3 aliphatic heterocycles. The second-order valence-corrected chi connectivity index (χ2v) is 25.6. The maximum atomic E-state index is 17.7. The van der Waals surface area contributed by atoms with Crippen LogP contribution in [0.3, 0.4) is 0 Å². The molecule has 7 heterocycles. The van der Waals surface area contributed by atoms with Crippen molar-refractivity contribution in [1.29, 1.82) is 0 Å². The van der Waals surface area contributed by atoms with Crippen LogP contribution in [0.25, 0.3) is 22.3 Å². The van der Waals surface area contributed by atoms with E-state index in [1.165, 1.54) is 87.4 Å². The van der Waals surface area contributed by atoms with Crippen molar-refractivity contribution in [3.8, 4) is 5.88 Å². The van der Waals surface area contributed by atoms with E-state index in [-0.39, 0.29) is 75.5 Å². The number of nitro benzene ring substituents is 2. The molecule has 4 aromatic heterocycles. The number of nitrogens with zero attached hydrogens (tertiary/aromatic N) is 11. The smallest absolute Gasteiger partial charge is 0.390 e. The Balaban J connectivity index is 1.03. The van der Waals surface area contributed by atoms with E-state index in [4.69, 9.17) is 32.3 Å². The maximum Gasteiger partial charge on any atom is 0.390 e. The summed E-state index contributed by atoms with van der Waals surface area (Å²) in [7, 11) is 0. The number of anilines is 1. The molecule has 0 saturated carbocycles. The summed E-state index contributed by atoms with van der Waals surface area (Å²) < 4.78 is 111. The van der Waals surface area contributed by atoms with Gasteiger partial charge in [0.05, 0.1) is 35.7 Å². The first-order valence-electron chi connectivity index (χ1n) is 23.9. The molecular formula is C48H45F2N11O14P2S2. The number of hydrogen-bond donors (Lipinski definition) is 0. The lowest BCUT2D eigenvalue weighted by Gasteiger charge is -2.30. The number of hydrogen-bond acceptors (Lipinski definition) is 22. The van der Waals surface area contributed by atoms with Gasteiger partial charge in [0.25, 0.3) is 17.3 Å². The molecule has 31 heteroatoms. The lowest BCUT2D eigenvalue weighted by atomic mass is 10.1. The quantitative estimate of drug-likeness (QED) is 0.0354. The maximum absolute atomic E-state index is 17.7. The highest BCUT2D eigenvalue weighted by molar-refractivity contribution is 8.55. The number of benzene rings is 3. The van der Waals surface area contributed by atoms with Crippen molar-refractivity contribution in [2.45, 2.75) is 67.6 Å². The number of nitro groups is 2. The van der Waals surface area contributed by atoms with Crippen molar-refractivity contribution in [3.63, 3.8) is 0 Å². The Morgan fingerprint density at radius 2 is 1.29 bits per heavy atom. The first kappa shape index (κ1) is 55.4. The molecule has 0 spiro atoms. The third-order valence-electron chi connectivity index (χ3n) is 12.5. The average molecular weight is 1160 g/mol. The fourth-order valence-corrected chi connectivity index (χ4v) is 15.7. The lowest BCUT2D eigenvalue weighted by molar-refractivity contribution is -0.385. The molecule has 3 saturated heterocycles. The summed E-state index contributed by atoms with van der Waals surface area (Å²) in [6.45, 7) is -2.48. The van der Waals surface area contributed by atoms with Crippen molar-refractivity contribution < 1.29 is 64.9 Å². The molecule has 25 nitrogen and oxygen atoms in total. The molecule has 79 heavy (non-hydrogen) atoms. The fourth-order valence-electron chi connectivity index (χ4n) is 8.87. The molecule has 3 unspecified atom stereocenters. The van der Waals surface area contributed by atoms with Crippen LogP contribution in [0, 0.1) is 27.2 Å². The highest BCUT2D eigenvalue weighted by atomic mass is 32.7. The minimum Gasteiger partial charge on any atom is -0.472 e. The number of carbonyl (C=O) groups excluding carboxylic acids is 1. The van der Waals surface area contributed by atoms with Gasteiger partial charge in [0.2, 0.25) is 5.88 Å². The molecule has 3 aromatic carbocycles. The van der Waals surface area contributed by atoms with E-state index in [2.05, 4.69) is 43.1 Å². The van der Waals surface area contributed by atoms with E-state index in [0.29, 0.717) is 28.3 Å². The molecule has 0 N–H and O–H groups in total.